The van der Waals surface area contributed by atoms with Crippen LogP contribution in [0, 0.1) is 11.3 Å². The van der Waals surface area contributed by atoms with E-state index in [9.17, 15) is 20.0 Å². The van der Waals surface area contributed by atoms with Gasteiger partial charge in [0, 0.05) is 11.1 Å². The molecule has 0 radical (unpaired) electrons. The minimum atomic E-state index is -1.15. The number of thioether (sulfide) groups is 1. The van der Waals surface area contributed by atoms with Crippen LogP contribution in [-0.2, 0) is 4.79 Å². The molecule has 4 aromatic rings. The Morgan fingerprint density at radius 3 is 2.21 bits per heavy atom. The van der Waals surface area contributed by atoms with Crippen molar-refractivity contribution in [1.82, 2.24) is 4.98 Å². The van der Waals surface area contributed by atoms with Gasteiger partial charge in [0.25, 0.3) is 0 Å². The molecule has 3 aromatic carbocycles. The van der Waals surface area contributed by atoms with Gasteiger partial charge in [0.2, 0.25) is 11.7 Å². The van der Waals surface area contributed by atoms with E-state index in [1.165, 1.54) is 39.5 Å². The number of pyridine rings is 1. The van der Waals surface area contributed by atoms with Crippen LogP contribution in [-0.4, -0.2) is 48.5 Å². The molecule has 0 saturated carbocycles. The molecule has 0 fully saturated rings. The molecular weight excluding hydrogens is 578 g/mol. The summed E-state index contributed by atoms with van der Waals surface area (Å²) in [6.45, 7) is 1.66. The van der Waals surface area contributed by atoms with E-state index in [0.29, 0.717) is 39.1 Å². The van der Waals surface area contributed by atoms with E-state index in [0.717, 1.165) is 17.3 Å². The van der Waals surface area contributed by atoms with Gasteiger partial charge in [-0.1, -0.05) is 53.7 Å². The minimum Gasteiger partial charge on any atom is -0.493 e. The standard InChI is InChI=1S/C31H26ClN3O6S/c1-17(29(36)34-25-12-19(31(37)38)10-11-23(25)32)42-30-22(16-33)21(15-24(35-30)18-8-6-5-7-9-18)20-13-26(39-2)28(41-4)27(14-20)40-3/h5-15,17H,1-4H3,(H,34,36)(H,37,38). The molecule has 0 aliphatic carbocycles. The molecular formula is C31H26ClN3O6S. The number of nitrogens with zero attached hydrogens (tertiary/aromatic N) is 2. The summed E-state index contributed by atoms with van der Waals surface area (Å²) in [4.78, 5) is 29.4. The number of halogens is 1. The van der Waals surface area contributed by atoms with Crippen molar-refractivity contribution in [3.63, 3.8) is 0 Å². The summed E-state index contributed by atoms with van der Waals surface area (Å²) in [6.07, 6.45) is 0. The van der Waals surface area contributed by atoms with Crippen molar-refractivity contribution in [3.8, 4) is 45.7 Å². The number of carboxylic acids is 1. The maximum Gasteiger partial charge on any atom is 0.335 e. The molecule has 4 rings (SSSR count). The Balaban J connectivity index is 1.80. The molecule has 1 heterocycles. The van der Waals surface area contributed by atoms with Gasteiger partial charge >= 0.3 is 5.97 Å². The molecule has 0 bridgehead atoms. The maximum atomic E-state index is 13.2. The third-order valence-electron chi connectivity index (χ3n) is 6.27. The predicted molar refractivity (Wildman–Crippen MR) is 162 cm³/mol. The SMILES string of the molecule is COc1cc(-c2cc(-c3ccccc3)nc(SC(C)C(=O)Nc3cc(C(=O)O)ccc3Cl)c2C#N)cc(OC)c1OC. The third kappa shape index (κ3) is 6.43. The van der Waals surface area contributed by atoms with Gasteiger partial charge in [0.15, 0.2) is 11.5 Å². The van der Waals surface area contributed by atoms with E-state index in [-0.39, 0.29) is 21.8 Å². The number of methoxy groups -OCH3 is 3. The second-order valence-electron chi connectivity index (χ2n) is 8.88. The highest BCUT2D eigenvalue weighted by molar-refractivity contribution is 8.00. The Morgan fingerprint density at radius 1 is 0.976 bits per heavy atom. The zero-order chi connectivity index (χ0) is 30.4. The Morgan fingerprint density at radius 2 is 1.64 bits per heavy atom. The number of nitriles is 1. The lowest BCUT2D eigenvalue weighted by molar-refractivity contribution is -0.115. The van der Waals surface area contributed by atoms with E-state index in [1.54, 1.807) is 25.1 Å². The summed E-state index contributed by atoms with van der Waals surface area (Å²) in [6, 6.07) is 21.0. The normalized spacial score (nSPS) is 11.2. The third-order valence-corrected chi connectivity index (χ3v) is 7.69. The second kappa shape index (κ2) is 13.3. The van der Waals surface area contributed by atoms with E-state index < -0.39 is 17.1 Å². The molecule has 1 amide bonds. The van der Waals surface area contributed by atoms with Gasteiger partial charge in [-0.15, -0.1) is 0 Å². The van der Waals surface area contributed by atoms with Gasteiger partial charge in [-0.2, -0.15) is 5.26 Å². The monoisotopic (exact) mass is 603 g/mol. The van der Waals surface area contributed by atoms with Crippen molar-refractivity contribution < 1.29 is 28.9 Å². The van der Waals surface area contributed by atoms with Crippen LogP contribution in [0.15, 0.2) is 71.8 Å². The van der Waals surface area contributed by atoms with Crippen LogP contribution in [0.2, 0.25) is 5.02 Å². The van der Waals surface area contributed by atoms with Crippen LogP contribution >= 0.6 is 23.4 Å². The first-order valence-corrected chi connectivity index (χ1v) is 13.8. The quantitative estimate of drug-likeness (QED) is 0.188. The van der Waals surface area contributed by atoms with Crippen molar-refractivity contribution in [2.24, 2.45) is 0 Å². The van der Waals surface area contributed by atoms with Crippen molar-refractivity contribution >= 4 is 40.9 Å². The highest BCUT2D eigenvalue weighted by Gasteiger charge is 2.24. The minimum absolute atomic E-state index is 0.0195. The van der Waals surface area contributed by atoms with Crippen molar-refractivity contribution in [2.75, 3.05) is 26.6 Å². The molecule has 2 N–H and O–H groups in total. The number of aromatic carboxylic acids is 1. The van der Waals surface area contributed by atoms with Gasteiger partial charge in [-0.25, -0.2) is 9.78 Å². The Bertz CT molecular complexity index is 1670. The van der Waals surface area contributed by atoms with Gasteiger partial charge in [0.05, 0.1) is 54.1 Å². The summed E-state index contributed by atoms with van der Waals surface area (Å²) in [7, 11) is 4.52. The van der Waals surface area contributed by atoms with Crippen molar-refractivity contribution in [3.05, 3.63) is 82.9 Å². The molecule has 1 aromatic heterocycles. The molecule has 0 saturated heterocycles. The molecule has 9 nitrogen and oxygen atoms in total. The van der Waals surface area contributed by atoms with Gasteiger partial charge in [-0.05, 0) is 48.9 Å². The van der Waals surface area contributed by atoms with Crippen LogP contribution in [0.1, 0.15) is 22.8 Å². The summed E-state index contributed by atoms with van der Waals surface area (Å²) >= 11 is 7.30. The fraction of sp³-hybridized carbons (Fsp3) is 0.161. The van der Waals surface area contributed by atoms with Crippen LogP contribution < -0.4 is 19.5 Å². The Hall–Kier alpha value is -4.72. The fourth-order valence-corrected chi connectivity index (χ4v) is 5.24. The number of aromatic nitrogens is 1. The summed E-state index contributed by atoms with van der Waals surface area (Å²) in [5, 5.41) is 22.1. The van der Waals surface area contributed by atoms with E-state index in [1.807, 2.05) is 30.3 Å². The van der Waals surface area contributed by atoms with Crippen LogP contribution in [0.3, 0.4) is 0 Å². The van der Waals surface area contributed by atoms with Crippen molar-refractivity contribution in [2.45, 2.75) is 17.2 Å². The number of amides is 1. The van der Waals surface area contributed by atoms with Crippen LogP contribution in [0.4, 0.5) is 5.69 Å². The van der Waals surface area contributed by atoms with Gasteiger partial charge in [-0.3, -0.25) is 4.79 Å². The lowest BCUT2D eigenvalue weighted by Gasteiger charge is -2.18. The smallest absolute Gasteiger partial charge is 0.335 e. The lowest BCUT2D eigenvalue weighted by Crippen LogP contribution is -2.23. The lowest BCUT2D eigenvalue weighted by atomic mass is 9.98. The summed E-state index contributed by atoms with van der Waals surface area (Å²) in [5.74, 6) is -0.364. The van der Waals surface area contributed by atoms with Crippen molar-refractivity contribution in [1.29, 1.82) is 5.26 Å². The molecule has 1 unspecified atom stereocenters. The van der Waals surface area contributed by atoms with E-state index in [2.05, 4.69) is 11.4 Å². The first-order chi connectivity index (χ1) is 20.2. The average Bonchev–Trinajstić information content (AvgIpc) is 3.01. The molecule has 0 aliphatic rings. The summed E-state index contributed by atoms with van der Waals surface area (Å²) in [5.41, 5.74) is 2.97. The highest BCUT2D eigenvalue weighted by atomic mass is 35.5. The molecule has 0 aliphatic heterocycles. The van der Waals surface area contributed by atoms with E-state index in [4.69, 9.17) is 30.8 Å². The average molecular weight is 604 g/mol. The molecule has 11 heteroatoms. The first-order valence-electron chi connectivity index (χ1n) is 12.5. The number of carbonyl (C=O) groups is 2. The second-order valence-corrected chi connectivity index (χ2v) is 10.6. The largest absolute Gasteiger partial charge is 0.493 e. The predicted octanol–water partition coefficient (Wildman–Crippen LogP) is 6.78. The number of carboxylic acid groups (broad SMARTS) is 1. The number of rotatable bonds is 10. The highest BCUT2D eigenvalue weighted by Crippen LogP contribution is 2.44. The summed E-state index contributed by atoms with van der Waals surface area (Å²) < 4.78 is 16.5. The Kier molecular flexibility index (Phi) is 9.57. The number of hydrogen-bond acceptors (Lipinski definition) is 8. The number of carbonyl (C=O) groups excluding carboxylic acids is 1. The zero-order valence-corrected chi connectivity index (χ0v) is 24.7. The topological polar surface area (TPSA) is 131 Å². The number of anilines is 1. The fourth-order valence-electron chi connectivity index (χ4n) is 4.15. The molecule has 0 spiro atoms. The van der Waals surface area contributed by atoms with Crippen LogP contribution in [0.5, 0.6) is 17.2 Å². The molecule has 1 atom stereocenters. The first kappa shape index (κ1) is 30.2. The zero-order valence-electron chi connectivity index (χ0n) is 23.1. The molecule has 42 heavy (non-hydrogen) atoms. The Labute approximate surface area is 252 Å². The van der Waals surface area contributed by atoms with Gasteiger partial charge in [0.1, 0.15) is 11.1 Å². The van der Waals surface area contributed by atoms with Crippen LogP contribution in [0.25, 0.3) is 22.4 Å². The number of hydrogen-bond donors (Lipinski definition) is 2. The van der Waals surface area contributed by atoms with Gasteiger partial charge < -0.3 is 24.6 Å². The number of nitrogens with one attached hydrogen (secondary N) is 1. The number of benzene rings is 3. The van der Waals surface area contributed by atoms with E-state index >= 15 is 0 Å². The molecule has 214 valence electrons. The maximum absolute atomic E-state index is 13.2. The number of ether oxygens (including phenoxy) is 3.